The number of aromatic nitrogens is 1. The summed E-state index contributed by atoms with van der Waals surface area (Å²) in [6.07, 6.45) is 2.18. The van der Waals surface area contributed by atoms with Gasteiger partial charge in [0.1, 0.15) is 11.8 Å². The van der Waals surface area contributed by atoms with Crippen LogP contribution in [0.3, 0.4) is 0 Å². The van der Waals surface area contributed by atoms with E-state index in [4.69, 9.17) is 9.26 Å². The Morgan fingerprint density at radius 2 is 2.04 bits per heavy atom. The van der Waals surface area contributed by atoms with Crippen LogP contribution in [0.1, 0.15) is 41.6 Å². The van der Waals surface area contributed by atoms with Gasteiger partial charge >= 0.3 is 5.97 Å². The van der Waals surface area contributed by atoms with Gasteiger partial charge in [-0.2, -0.15) is 0 Å². The molecule has 6 nitrogen and oxygen atoms in total. The fourth-order valence-corrected chi connectivity index (χ4v) is 2.89. The van der Waals surface area contributed by atoms with Gasteiger partial charge < -0.3 is 14.2 Å². The van der Waals surface area contributed by atoms with Crippen LogP contribution in [-0.4, -0.2) is 40.6 Å². The summed E-state index contributed by atoms with van der Waals surface area (Å²) in [6.45, 7) is 3.78. The van der Waals surface area contributed by atoms with E-state index in [1.165, 1.54) is 0 Å². The average molecular weight is 342 g/mol. The second kappa shape index (κ2) is 7.51. The summed E-state index contributed by atoms with van der Waals surface area (Å²) in [5.41, 5.74) is 1.21. The van der Waals surface area contributed by atoms with E-state index in [0.717, 1.165) is 18.4 Å². The largest absolute Gasteiger partial charge is 0.464 e. The van der Waals surface area contributed by atoms with E-state index in [0.29, 0.717) is 12.2 Å². The van der Waals surface area contributed by atoms with Crippen molar-refractivity contribution in [2.24, 2.45) is 0 Å². The Labute approximate surface area is 146 Å². The second-order valence-corrected chi connectivity index (χ2v) is 6.22. The molecule has 1 saturated carbocycles. The average Bonchev–Trinajstić information content (AvgIpc) is 3.35. The van der Waals surface area contributed by atoms with Gasteiger partial charge in [-0.3, -0.25) is 4.79 Å². The Morgan fingerprint density at radius 1 is 1.32 bits per heavy atom. The van der Waals surface area contributed by atoms with Gasteiger partial charge in [0.15, 0.2) is 5.69 Å². The summed E-state index contributed by atoms with van der Waals surface area (Å²) in [6, 6.07) is 10.6. The van der Waals surface area contributed by atoms with Gasteiger partial charge in [0, 0.05) is 18.5 Å². The van der Waals surface area contributed by atoms with Gasteiger partial charge in [-0.1, -0.05) is 35.5 Å². The number of aryl methyl sites for hydroxylation is 1. The van der Waals surface area contributed by atoms with Crippen LogP contribution in [0.15, 0.2) is 40.9 Å². The first kappa shape index (κ1) is 17.2. The standard InChI is InChI=1S/C19H22N2O4/c1-3-24-19(23)17(12-14-7-5-4-6-8-14)21(15-9-10-15)18(22)16-11-13(2)25-20-16/h4-8,11,15,17H,3,9-10,12H2,1-2H3/t17-/m0/s1. The third kappa shape index (κ3) is 4.07. The number of esters is 1. The molecule has 1 fully saturated rings. The van der Waals surface area contributed by atoms with Crippen molar-refractivity contribution >= 4 is 11.9 Å². The molecule has 1 aliphatic rings. The SMILES string of the molecule is CCOC(=O)[C@H](Cc1ccccc1)N(C(=O)c1cc(C)on1)C1CC1. The molecular formula is C19H22N2O4. The van der Waals surface area contributed by atoms with Crippen molar-refractivity contribution in [1.82, 2.24) is 10.1 Å². The Bertz CT molecular complexity index is 737. The summed E-state index contributed by atoms with van der Waals surface area (Å²) in [7, 11) is 0. The lowest BCUT2D eigenvalue weighted by Gasteiger charge is -2.29. The highest BCUT2D eigenvalue weighted by Crippen LogP contribution is 2.31. The molecule has 6 heteroatoms. The molecule has 0 spiro atoms. The van der Waals surface area contributed by atoms with Gasteiger partial charge in [0.05, 0.1) is 6.61 Å². The third-order valence-corrected chi connectivity index (χ3v) is 4.19. The molecule has 25 heavy (non-hydrogen) atoms. The number of amides is 1. The topological polar surface area (TPSA) is 72.6 Å². The van der Waals surface area contributed by atoms with Crippen LogP contribution in [0.4, 0.5) is 0 Å². The van der Waals surface area contributed by atoms with Gasteiger partial charge in [-0.25, -0.2) is 4.79 Å². The van der Waals surface area contributed by atoms with Crippen LogP contribution in [0, 0.1) is 6.92 Å². The van der Waals surface area contributed by atoms with Gasteiger partial charge in [0.25, 0.3) is 5.91 Å². The Morgan fingerprint density at radius 3 is 2.60 bits per heavy atom. The normalized spacial score (nSPS) is 14.8. The van der Waals surface area contributed by atoms with Crippen molar-refractivity contribution in [2.45, 2.75) is 45.2 Å². The fraction of sp³-hybridized carbons (Fsp3) is 0.421. The molecule has 1 atom stereocenters. The zero-order valence-corrected chi connectivity index (χ0v) is 14.5. The van der Waals surface area contributed by atoms with E-state index in [1.807, 2.05) is 30.3 Å². The Hall–Kier alpha value is -2.63. The zero-order chi connectivity index (χ0) is 17.8. The highest BCUT2D eigenvalue weighted by molar-refractivity contribution is 5.95. The molecule has 0 saturated heterocycles. The van der Waals surface area contributed by atoms with Crippen molar-refractivity contribution in [3.63, 3.8) is 0 Å². The van der Waals surface area contributed by atoms with Gasteiger partial charge in [-0.05, 0) is 32.3 Å². The van der Waals surface area contributed by atoms with Crippen LogP contribution in [-0.2, 0) is 16.0 Å². The van der Waals surface area contributed by atoms with Crippen molar-refractivity contribution in [3.8, 4) is 0 Å². The number of hydrogen-bond acceptors (Lipinski definition) is 5. The first-order valence-corrected chi connectivity index (χ1v) is 8.56. The molecule has 1 aromatic carbocycles. The number of benzene rings is 1. The predicted molar refractivity (Wildman–Crippen MR) is 91.0 cm³/mol. The van der Waals surface area contributed by atoms with E-state index >= 15 is 0 Å². The number of nitrogens with zero attached hydrogens (tertiary/aromatic N) is 2. The molecule has 1 heterocycles. The van der Waals surface area contributed by atoms with Crippen molar-refractivity contribution in [2.75, 3.05) is 6.61 Å². The lowest BCUT2D eigenvalue weighted by atomic mass is 10.0. The number of carbonyl (C=O) groups is 2. The van der Waals surface area contributed by atoms with Crippen LogP contribution in [0.5, 0.6) is 0 Å². The Kier molecular flexibility index (Phi) is 5.16. The molecule has 1 amide bonds. The molecule has 3 rings (SSSR count). The van der Waals surface area contributed by atoms with Crippen LogP contribution >= 0.6 is 0 Å². The highest BCUT2D eigenvalue weighted by Gasteiger charge is 2.42. The van der Waals surface area contributed by atoms with Crippen molar-refractivity contribution in [1.29, 1.82) is 0 Å². The zero-order valence-electron chi connectivity index (χ0n) is 14.5. The first-order chi connectivity index (χ1) is 12.1. The maximum Gasteiger partial charge on any atom is 0.329 e. The number of carbonyl (C=O) groups excluding carboxylic acids is 2. The van der Waals surface area contributed by atoms with Crippen molar-refractivity contribution < 1.29 is 18.8 Å². The molecule has 1 aliphatic carbocycles. The molecule has 1 aromatic heterocycles. The molecule has 0 N–H and O–H groups in total. The van der Waals surface area contributed by atoms with Crippen LogP contribution in [0.25, 0.3) is 0 Å². The molecule has 0 aliphatic heterocycles. The Balaban J connectivity index is 1.89. The molecule has 132 valence electrons. The van der Waals surface area contributed by atoms with E-state index < -0.39 is 6.04 Å². The quantitative estimate of drug-likeness (QED) is 0.724. The van der Waals surface area contributed by atoms with Crippen LogP contribution < -0.4 is 0 Å². The fourth-order valence-electron chi connectivity index (χ4n) is 2.89. The van der Waals surface area contributed by atoms with E-state index in [9.17, 15) is 9.59 Å². The van der Waals surface area contributed by atoms with E-state index in [1.54, 1.807) is 24.8 Å². The van der Waals surface area contributed by atoms with Gasteiger partial charge in [-0.15, -0.1) is 0 Å². The summed E-state index contributed by atoms with van der Waals surface area (Å²) in [5.74, 6) is -0.102. The highest BCUT2D eigenvalue weighted by atomic mass is 16.5. The lowest BCUT2D eigenvalue weighted by Crippen LogP contribution is -2.48. The smallest absolute Gasteiger partial charge is 0.329 e. The molecule has 0 radical (unpaired) electrons. The number of rotatable bonds is 7. The van der Waals surface area contributed by atoms with Gasteiger partial charge in [0.2, 0.25) is 0 Å². The third-order valence-electron chi connectivity index (χ3n) is 4.19. The summed E-state index contributed by atoms with van der Waals surface area (Å²) in [4.78, 5) is 27.2. The summed E-state index contributed by atoms with van der Waals surface area (Å²) < 4.78 is 10.3. The molecule has 0 bridgehead atoms. The second-order valence-electron chi connectivity index (χ2n) is 6.22. The summed E-state index contributed by atoms with van der Waals surface area (Å²) >= 11 is 0. The maximum atomic E-state index is 13.0. The minimum Gasteiger partial charge on any atom is -0.464 e. The molecule has 2 aromatic rings. The maximum absolute atomic E-state index is 13.0. The first-order valence-electron chi connectivity index (χ1n) is 8.56. The van der Waals surface area contributed by atoms with Crippen LogP contribution in [0.2, 0.25) is 0 Å². The summed E-state index contributed by atoms with van der Waals surface area (Å²) in [5, 5.41) is 3.82. The molecule has 0 unspecified atom stereocenters. The predicted octanol–water partition coefficient (Wildman–Crippen LogP) is 2.76. The number of ether oxygens (including phenoxy) is 1. The van der Waals surface area contributed by atoms with E-state index in [2.05, 4.69) is 5.16 Å². The minimum absolute atomic E-state index is 0.0441. The minimum atomic E-state index is -0.667. The lowest BCUT2D eigenvalue weighted by molar-refractivity contribution is -0.148. The molecular weight excluding hydrogens is 320 g/mol. The monoisotopic (exact) mass is 342 g/mol. The van der Waals surface area contributed by atoms with Crippen molar-refractivity contribution in [3.05, 3.63) is 53.4 Å². The number of hydrogen-bond donors (Lipinski definition) is 0. The van der Waals surface area contributed by atoms with E-state index in [-0.39, 0.29) is 30.2 Å².